The van der Waals surface area contributed by atoms with Crippen molar-refractivity contribution in [3.63, 3.8) is 0 Å². The Morgan fingerprint density at radius 1 is 1.37 bits per heavy atom. The van der Waals surface area contributed by atoms with Crippen molar-refractivity contribution in [1.82, 2.24) is 20.1 Å². The second kappa shape index (κ2) is 6.43. The Morgan fingerprint density at radius 2 is 2.16 bits per heavy atom. The van der Waals surface area contributed by atoms with Crippen molar-refractivity contribution in [2.75, 3.05) is 0 Å². The van der Waals surface area contributed by atoms with E-state index in [1.807, 2.05) is 17.7 Å². The maximum atomic E-state index is 13.6. The molecule has 19 heavy (non-hydrogen) atoms. The van der Waals surface area contributed by atoms with Gasteiger partial charge in [0.25, 0.3) is 0 Å². The fourth-order valence-corrected chi connectivity index (χ4v) is 2.00. The molecule has 0 aliphatic heterocycles. The first-order valence-corrected chi connectivity index (χ1v) is 6.57. The molecule has 0 amide bonds. The van der Waals surface area contributed by atoms with E-state index in [4.69, 9.17) is 0 Å². The summed E-state index contributed by atoms with van der Waals surface area (Å²) < 4.78 is 15.5. The molecule has 0 saturated heterocycles. The van der Waals surface area contributed by atoms with Crippen molar-refractivity contribution >= 4 is 0 Å². The summed E-state index contributed by atoms with van der Waals surface area (Å²) in [5.74, 6) is 0.697. The molecular formula is C14H19FN4. The largest absolute Gasteiger partial charge is 0.303 e. The van der Waals surface area contributed by atoms with Crippen LogP contribution in [0.2, 0.25) is 0 Å². The lowest BCUT2D eigenvalue weighted by atomic mass is 10.1. The molecule has 0 aliphatic rings. The van der Waals surface area contributed by atoms with Crippen LogP contribution >= 0.6 is 0 Å². The van der Waals surface area contributed by atoms with Crippen LogP contribution in [0, 0.1) is 5.82 Å². The second-order valence-corrected chi connectivity index (χ2v) is 4.52. The summed E-state index contributed by atoms with van der Waals surface area (Å²) in [7, 11) is 0. The Kier molecular flexibility index (Phi) is 4.63. The molecule has 0 aliphatic carbocycles. The summed E-state index contributed by atoms with van der Waals surface area (Å²) >= 11 is 0. The van der Waals surface area contributed by atoms with E-state index in [1.54, 1.807) is 18.5 Å². The van der Waals surface area contributed by atoms with Crippen LogP contribution in [0.25, 0.3) is 0 Å². The highest BCUT2D eigenvalue weighted by atomic mass is 19.1. The molecule has 0 radical (unpaired) electrons. The number of hydrogen-bond donors (Lipinski definition) is 1. The maximum absolute atomic E-state index is 13.6. The predicted octanol–water partition coefficient (Wildman–Crippen LogP) is 2.68. The second-order valence-electron chi connectivity index (χ2n) is 4.52. The lowest BCUT2D eigenvalue weighted by molar-refractivity contribution is 0.493. The standard InChI is InChI=1S/C14H19FN4/c1-3-8-19-14(17-10-18-19)9-16-11(2)12-6-4-5-7-13(12)15/h4-7,10-11,16H,3,8-9H2,1-2H3/t11-/m1/s1. The van der Waals surface area contributed by atoms with Crippen LogP contribution < -0.4 is 5.32 Å². The summed E-state index contributed by atoms with van der Waals surface area (Å²) in [5, 5.41) is 7.44. The van der Waals surface area contributed by atoms with Crippen LogP contribution in [0.5, 0.6) is 0 Å². The summed E-state index contributed by atoms with van der Waals surface area (Å²) in [6.07, 6.45) is 2.57. The molecule has 0 spiro atoms. The minimum Gasteiger partial charge on any atom is -0.303 e. The molecule has 0 bridgehead atoms. The Hall–Kier alpha value is -1.75. The van der Waals surface area contributed by atoms with Gasteiger partial charge in [-0.05, 0) is 19.4 Å². The van der Waals surface area contributed by atoms with Crippen molar-refractivity contribution in [3.05, 3.63) is 47.8 Å². The van der Waals surface area contributed by atoms with Gasteiger partial charge < -0.3 is 5.32 Å². The van der Waals surface area contributed by atoms with E-state index in [0.717, 1.165) is 18.8 Å². The fourth-order valence-electron chi connectivity index (χ4n) is 2.00. The van der Waals surface area contributed by atoms with Gasteiger partial charge in [0.2, 0.25) is 0 Å². The van der Waals surface area contributed by atoms with Gasteiger partial charge in [0, 0.05) is 18.2 Å². The molecule has 1 N–H and O–H groups in total. The quantitative estimate of drug-likeness (QED) is 0.870. The van der Waals surface area contributed by atoms with Crippen LogP contribution in [0.1, 0.15) is 37.7 Å². The summed E-state index contributed by atoms with van der Waals surface area (Å²) in [6, 6.07) is 6.75. The molecule has 4 nitrogen and oxygen atoms in total. The van der Waals surface area contributed by atoms with Crippen LogP contribution in [0.3, 0.4) is 0 Å². The Labute approximate surface area is 112 Å². The molecule has 1 aromatic carbocycles. The fraction of sp³-hybridized carbons (Fsp3) is 0.429. The van der Waals surface area contributed by atoms with Crippen LogP contribution in [0.15, 0.2) is 30.6 Å². The zero-order valence-electron chi connectivity index (χ0n) is 11.3. The van der Waals surface area contributed by atoms with Gasteiger partial charge >= 0.3 is 0 Å². The Morgan fingerprint density at radius 3 is 2.89 bits per heavy atom. The van der Waals surface area contributed by atoms with Gasteiger partial charge in [-0.15, -0.1) is 0 Å². The zero-order valence-corrected chi connectivity index (χ0v) is 11.3. The third kappa shape index (κ3) is 3.38. The number of halogens is 1. The molecule has 0 unspecified atom stereocenters. The maximum Gasteiger partial charge on any atom is 0.140 e. The number of benzene rings is 1. The molecule has 0 saturated carbocycles. The molecule has 1 heterocycles. The number of hydrogen-bond acceptors (Lipinski definition) is 3. The summed E-state index contributed by atoms with van der Waals surface area (Å²) in [5.41, 5.74) is 0.670. The average molecular weight is 262 g/mol. The van der Waals surface area contributed by atoms with E-state index < -0.39 is 0 Å². The van der Waals surface area contributed by atoms with Gasteiger partial charge in [0.05, 0.1) is 6.54 Å². The van der Waals surface area contributed by atoms with Crippen LogP contribution in [-0.4, -0.2) is 14.8 Å². The molecule has 2 aromatic rings. The Bertz CT molecular complexity index is 524. The minimum absolute atomic E-state index is 0.0621. The van der Waals surface area contributed by atoms with Crippen LogP contribution in [-0.2, 0) is 13.1 Å². The number of nitrogens with one attached hydrogen (secondary N) is 1. The van der Waals surface area contributed by atoms with Gasteiger partial charge in [-0.1, -0.05) is 25.1 Å². The van der Waals surface area contributed by atoms with E-state index in [0.29, 0.717) is 12.1 Å². The highest BCUT2D eigenvalue weighted by Crippen LogP contribution is 2.16. The monoisotopic (exact) mass is 262 g/mol. The first-order chi connectivity index (χ1) is 9.22. The van der Waals surface area contributed by atoms with Crippen molar-refractivity contribution in [2.24, 2.45) is 0 Å². The third-order valence-corrected chi connectivity index (χ3v) is 3.07. The SMILES string of the molecule is CCCn1ncnc1CN[C@H](C)c1ccccc1F. The molecule has 5 heteroatoms. The van der Waals surface area contributed by atoms with E-state index in [9.17, 15) is 4.39 Å². The van der Waals surface area contributed by atoms with Gasteiger partial charge in [0.15, 0.2) is 0 Å². The lowest BCUT2D eigenvalue weighted by Crippen LogP contribution is -2.22. The van der Waals surface area contributed by atoms with Gasteiger partial charge in [-0.25, -0.2) is 14.1 Å². The smallest absolute Gasteiger partial charge is 0.140 e. The highest BCUT2D eigenvalue weighted by molar-refractivity contribution is 5.20. The first kappa shape index (κ1) is 13.7. The van der Waals surface area contributed by atoms with Crippen LogP contribution in [0.4, 0.5) is 4.39 Å². The molecule has 1 atom stereocenters. The van der Waals surface area contributed by atoms with E-state index >= 15 is 0 Å². The average Bonchev–Trinajstić information content (AvgIpc) is 2.84. The molecule has 102 valence electrons. The molecule has 2 rings (SSSR count). The van der Waals surface area contributed by atoms with Crippen molar-refractivity contribution < 1.29 is 4.39 Å². The number of rotatable bonds is 6. The van der Waals surface area contributed by atoms with E-state index in [2.05, 4.69) is 22.3 Å². The summed E-state index contributed by atoms with van der Waals surface area (Å²) in [4.78, 5) is 4.22. The minimum atomic E-state index is -0.183. The highest BCUT2D eigenvalue weighted by Gasteiger charge is 2.11. The topological polar surface area (TPSA) is 42.7 Å². The number of nitrogens with zero attached hydrogens (tertiary/aromatic N) is 3. The normalized spacial score (nSPS) is 12.6. The number of aryl methyl sites for hydroxylation is 1. The van der Waals surface area contributed by atoms with E-state index in [1.165, 1.54) is 6.07 Å². The van der Waals surface area contributed by atoms with E-state index in [-0.39, 0.29) is 11.9 Å². The number of aromatic nitrogens is 3. The summed E-state index contributed by atoms with van der Waals surface area (Å²) in [6.45, 7) is 5.47. The zero-order chi connectivity index (χ0) is 13.7. The lowest BCUT2D eigenvalue weighted by Gasteiger charge is -2.15. The molecule has 1 aromatic heterocycles. The Balaban J connectivity index is 1.98. The third-order valence-electron chi connectivity index (χ3n) is 3.07. The molecular weight excluding hydrogens is 243 g/mol. The van der Waals surface area contributed by atoms with Crippen molar-refractivity contribution in [1.29, 1.82) is 0 Å². The van der Waals surface area contributed by atoms with Gasteiger partial charge in [-0.3, -0.25) is 0 Å². The predicted molar refractivity (Wildman–Crippen MR) is 72.0 cm³/mol. The molecule has 0 fully saturated rings. The first-order valence-electron chi connectivity index (χ1n) is 6.57. The van der Waals surface area contributed by atoms with Gasteiger partial charge in [0.1, 0.15) is 18.0 Å². The van der Waals surface area contributed by atoms with Crippen molar-refractivity contribution in [3.8, 4) is 0 Å². The van der Waals surface area contributed by atoms with Gasteiger partial charge in [-0.2, -0.15) is 5.10 Å². The van der Waals surface area contributed by atoms with Crippen molar-refractivity contribution in [2.45, 2.75) is 39.4 Å².